The molecule has 0 bridgehead atoms. The van der Waals surface area contributed by atoms with E-state index < -0.39 is 30.3 Å². The molecule has 2 aliphatic heterocycles. The Kier molecular flexibility index (Phi) is 9.93. The lowest BCUT2D eigenvalue weighted by atomic mass is 9.98. The Morgan fingerprint density at radius 3 is 1.86 bits per heavy atom. The molecule has 0 radical (unpaired) electrons. The second kappa shape index (κ2) is 13.4. The molecule has 2 aromatic rings. The quantitative estimate of drug-likeness (QED) is 0.284. The lowest BCUT2D eigenvalue weighted by molar-refractivity contribution is -0.147. The minimum absolute atomic E-state index is 0.0575. The van der Waals surface area contributed by atoms with E-state index in [9.17, 15) is 24.0 Å². The smallest absolute Gasteiger partial charge is 0.411 e. The average molecular weight is 577 g/mol. The number of carbonyl (C=O) groups excluding carboxylic acids is 5. The highest BCUT2D eigenvalue weighted by atomic mass is 16.6. The van der Waals surface area contributed by atoms with Crippen molar-refractivity contribution in [3.8, 4) is 11.1 Å². The van der Waals surface area contributed by atoms with Crippen molar-refractivity contribution in [1.29, 1.82) is 0 Å². The van der Waals surface area contributed by atoms with Gasteiger partial charge in [0.2, 0.25) is 0 Å². The van der Waals surface area contributed by atoms with E-state index >= 15 is 0 Å². The highest BCUT2D eigenvalue weighted by Crippen LogP contribution is 2.24. The van der Waals surface area contributed by atoms with Gasteiger partial charge in [0.1, 0.15) is 17.4 Å². The SMILES string of the molecule is CN1CCC[C@H]1C(=O)CCC(=O)c1ccc(-c2ccc(C(=O)COC(=O)[C@@H]3CCCN3C(=O)OC(C)(C)C)cc2)cc1. The van der Waals surface area contributed by atoms with Gasteiger partial charge in [0.05, 0.1) is 6.04 Å². The Balaban J connectivity index is 1.27. The van der Waals surface area contributed by atoms with E-state index in [4.69, 9.17) is 9.47 Å². The van der Waals surface area contributed by atoms with Gasteiger partial charge in [-0.25, -0.2) is 9.59 Å². The van der Waals surface area contributed by atoms with Crippen molar-refractivity contribution >= 4 is 29.4 Å². The van der Waals surface area contributed by atoms with Gasteiger partial charge in [0, 0.05) is 30.5 Å². The number of benzene rings is 2. The molecule has 2 atom stereocenters. The van der Waals surface area contributed by atoms with Crippen LogP contribution in [0, 0.1) is 0 Å². The fourth-order valence-electron chi connectivity index (χ4n) is 5.43. The van der Waals surface area contributed by atoms with E-state index in [0.717, 1.165) is 30.5 Å². The summed E-state index contributed by atoms with van der Waals surface area (Å²) in [4.78, 5) is 66.3. The van der Waals surface area contributed by atoms with Crippen molar-refractivity contribution < 1.29 is 33.4 Å². The second-order valence-electron chi connectivity index (χ2n) is 12.0. The number of carbonyl (C=O) groups is 5. The average Bonchev–Trinajstić information content (AvgIpc) is 3.63. The zero-order chi connectivity index (χ0) is 30.4. The summed E-state index contributed by atoms with van der Waals surface area (Å²) < 4.78 is 10.7. The summed E-state index contributed by atoms with van der Waals surface area (Å²) >= 11 is 0. The first-order valence-electron chi connectivity index (χ1n) is 14.6. The van der Waals surface area contributed by atoms with Crippen LogP contribution in [0.2, 0.25) is 0 Å². The molecule has 9 nitrogen and oxygen atoms in total. The molecule has 0 saturated carbocycles. The minimum Gasteiger partial charge on any atom is -0.456 e. The first kappa shape index (κ1) is 31.1. The van der Waals surface area contributed by atoms with Gasteiger partial charge in [-0.3, -0.25) is 24.2 Å². The summed E-state index contributed by atoms with van der Waals surface area (Å²) in [5.41, 5.74) is 2.02. The zero-order valence-electron chi connectivity index (χ0n) is 24.9. The predicted octanol–water partition coefficient (Wildman–Crippen LogP) is 5.11. The largest absolute Gasteiger partial charge is 0.456 e. The lowest BCUT2D eigenvalue weighted by Gasteiger charge is -2.27. The van der Waals surface area contributed by atoms with Crippen LogP contribution >= 0.6 is 0 Å². The molecule has 0 aliphatic carbocycles. The van der Waals surface area contributed by atoms with Gasteiger partial charge in [-0.1, -0.05) is 48.5 Å². The Bertz CT molecular complexity index is 1310. The molecule has 0 N–H and O–H groups in total. The summed E-state index contributed by atoms with van der Waals surface area (Å²) in [6, 6.07) is 13.3. The van der Waals surface area contributed by atoms with Gasteiger partial charge in [-0.05, 0) is 71.2 Å². The van der Waals surface area contributed by atoms with Gasteiger partial charge in [-0.2, -0.15) is 0 Å². The summed E-state index contributed by atoms with van der Waals surface area (Å²) in [5, 5.41) is 0. The highest BCUT2D eigenvalue weighted by Gasteiger charge is 2.38. The van der Waals surface area contributed by atoms with Gasteiger partial charge in [0.25, 0.3) is 0 Å². The molecule has 0 spiro atoms. The van der Waals surface area contributed by atoms with E-state index in [1.54, 1.807) is 57.2 Å². The molecule has 2 aromatic carbocycles. The highest BCUT2D eigenvalue weighted by molar-refractivity contribution is 6.00. The van der Waals surface area contributed by atoms with Crippen molar-refractivity contribution in [3.05, 3.63) is 59.7 Å². The van der Waals surface area contributed by atoms with Crippen molar-refractivity contribution in [2.75, 3.05) is 26.7 Å². The van der Waals surface area contributed by atoms with Crippen LogP contribution in [0.5, 0.6) is 0 Å². The van der Waals surface area contributed by atoms with E-state index in [2.05, 4.69) is 4.90 Å². The number of Topliss-reactive ketones (excluding diaryl/α,β-unsaturated/α-hetero) is 3. The van der Waals surface area contributed by atoms with Crippen LogP contribution in [0.3, 0.4) is 0 Å². The Hall–Kier alpha value is -3.85. The standard InChI is InChI=1S/C33H40N2O7/c1-33(2,3)42-32(40)35-20-6-8-27(35)31(39)41-21-30(38)25-15-11-23(12-16-25)22-9-13-24(14-10-22)28(36)17-18-29(37)26-7-5-19-34(26)4/h9-16,26-27H,5-8,17-21H2,1-4H3/t26-,27-/m0/s1. The van der Waals surface area contributed by atoms with Gasteiger partial charge >= 0.3 is 12.1 Å². The number of ether oxygens (including phenoxy) is 2. The maximum Gasteiger partial charge on any atom is 0.411 e. The molecule has 0 aromatic heterocycles. The Labute approximate surface area is 247 Å². The normalized spacial score (nSPS) is 19.0. The van der Waals surface area contributed by atoms with Crippen LogP contribution in [-0.4, -0.2) is 83.6 Å². The number of hydrogen-bond donors (Lipinski definition) is 0. The molecule has 2 aliphatic rings. The summed E-state index contributed by atoms with van der Waals surface area (Å²) in [6.45, 7) is 6.18. The number of esters is 1. The van der Waals surface area contributed by atoms with E-state index in [1.165, 1.54) is 4.90 Å². The van der Waals surface area contributed by atoms with E-state index in [0.29, 0.717) is 30.5 Å². The molecule has 2 fully saturated rings. The Morgan fingerprint density at radius 1 is 0.762 bits per heavy atom. The van der Waals surface area contributed by atoms with Crippen molar-refractivity contribution in [3.63, 3.8) is 0 Å². The third-order valence-corrected chi connectivity index (χ3v) is 7.74. The minimum atomic E-state index is -0.764. The van der Waals surface area contributed by atoms with E-state index in [1.807, 2.05) is 19.2 Å². The molecule has 0 unspecified atom stereocenters. The summed E-state index contributed by atoms with van der Waals surface area (Å²) in [7, 11) is 1.95. The lowest BCUT2D eigenvalue weighted by Crippen LogP contribution is -2.44. The number of rotatable bonds is 10. The van der Waals surface area contributed by atoms with Gasteiger partial charge in [0.15, 0.2) is 18.2 Å². The molecule has 1 amide bonds. The Morgan fingerprint density at radius 2 is 1.31 bits per heavy atom. The third kappa shape index (κ3) is 7.91. The molecule has 2 saturated heterocycles. The molecular weight excluding hydrogens is 536 g/mol. The fourth-order valence-corrected chi connectivity index (χ4v) is 5.43. The number of ketones is 3. The van der Waals surface area contributed by atoms with Crippen LogP contribution < -0.4 is 0 Å². The molecule has 9 heteroatoms. The van der Waals surface area contributed by atoms with E-state index in [-0.39, 0.29) is 36.2 Å². The van der Waals surface area contributed by atoms with Crippen LogP contribution in [0.15, 0.2) is 48.5 Å². The van der Waals surface area contributed by atoms with Gasteiger partial charge < -0.3 is 9.47 Å². The molecule has 4 rings (SSSR count). The van der Waals surface area contributed by atoms with Crippen LogP contribution in [0.4, 0.5) is 4.79 Å². The number of hydrogen-bond acceptors (Lipinski definition) is 8. The number of likely N-dealkylation sites (tertiary alicyclic amines) is 2. The third-order valence-electron chi connectivity index (χ3n) is 7.74. The summed E-state index contributed by atoms with van der Waals surface area (Å²) in [5.74, 6) is -0.896. The summed E-state index contributed by atoms with van der Waals surface area (Å²) in [6.07, 6.45) is 2.88. The van der Waals surface area contributed by atoms with Crippen molar-refractivity contribution in [2.24, 2.45) is 0 Å². The van der Waals surface area contributed by atoms with Crippen LogP contribution in [-0.2, 0) is 19.1 Å². The molecule has 224 valence electrons. The maximum atomic E-state index is 12.7. The van der Waals surface area contributed by atoms with Crippen molar-refractivity contribution in [2.45, 2.75) is 77.0 Å². The molecule has 42 heavy (non-hydrogen) atoms. The predicted molar refractivity (Wildman–Crippen MR) is 157 cm³/mol. The fraction of sp³-hybridized carbons (Fsp3) is 0.485. The molecule has 2 heterocycles. The van der Waals surface area contributed by atoms with Crippen LogP contribution in [0.1, 0.15) is 80.0 Å². The monoisotopic (exact) mass is 576 g/mol. The topological polar surface area (TPSA) is 110 Å². The van der Waals surface area contributed by atoms with Crippen LogP contribution in [0.25, 0.3) is 11.1 Å². The zero-order valence-corrected chi connectivity index (χ0v) is 24.9. The maximum absolute atomic E-state index is 12.7. The van der Waals surface area contributed by atoms with Gasteiger partial charge in [-0.15, -0.1) is 0 Å². The first-order valence-corrected chi connectivity index (χ1v) is 14.6. The second-order valence-corrected chi connectivity index (χ2v) is 12.0. The van der Waals surface area contributed by atoms with Crippen molar-refractivity contribution in [1.82, 2.24) is 9.80 Å². The number of nitrogens with zero attached hydrogens (tertiary/aromatic N) is 2. The number of likely N-dealkylation sites (N-methyl/N-ethyl adjacent to an activating group) is 1. The number of amides is 1. The molecular formula is C33H40N2O7. The first-order chi connectivity index (χ1) is 19.9.